The predicted molar refractivity (Wildman–Crippen MR) is 146 cm³/mol. The zero-order valence-electron chi connectivity index (χ0n) is 23.3. The van der Waals surface area contributed by atoms with Crippen molar-refractivity contribution in [3.8, 4) is 0 Å². The molecule has 5 N–H and O–H groups in total. The number of carbonyl (C=O) groups is 4. The highest BCUT2D eigenvalue weighted by molar-refractivity contribution is 5.88. The van der Waals surface area contributed by atoms with E-state index in [2.05, 4.69) is 5.32 Å². The zero-order chi connectivity index (χ0) is 31.1. The minimum absolute atomic E-state index is 0.0700. The van der Waals surface area contributed by atoms with Gasteiger partial charge in [-0.3, -0.25) is 19.7 Å². The van der Waals surface area contributed by atoms with E-state index in [1.54, 1.807) is 0 Å². The Kier molecular flexibility index (Phi) is 11.1. The Hall–Kier alpha value is -3.97. The fourth-order valence-electron chi connectivity index (χ4n) is 5.07. The third-order valence-corrected chi connectivity index (χ3v) is 7.48. The number of aliphatic carboxylic acids is 2. The monoisotopic (exact) mass is 592 g/mol. The van der Waals surface area contributed by atoms with Crippen LogP contribution in [0.1, 0.15) is 37.3 Å². The Morgan fingerprint density at radius 2 is 1.71 bits per heavy atom. The molecule has 0 saturated carbocycles. The molecule has 42 heavy (non-hydrogen) atoms. The van der Waals surface area contributed by atoms with Gasteiger partial charge in [0.05, 0.1) is 12.1 Å². The van der Waals surface area contributed by atoms with Crippen molar-refractivity contribution >= 4 is 23.8 Å². The van der Waals surface area contributed by atoms with Crippen molar-refractivity contribution in [3.63, 3.8) is 0 Å². The van der Waals surface area contributed by atoms with Crippen molar-refractivity contribution < 1.29 is 42.6 Å². The number of carboxylic acid groups (broad SMARTS) is 2. The number of hydrogen-bond acceptors (Lipinski definition) is 6. The summed E-state index contributed by atoms with van der Waals surface area (Å²) in [6.45, 7) is 1.34. The fraction of sp³-hybridized carbons (Fsp3) is 0.448. The molecule has 3 rings (SSSR count). The fourth-order valence-corrected chi connectivity index (χ4v) is 5.07. The molecule has 1 heterocycles. The number of benzene rings is 2. The summed E-state index contributed by atoms with van der Waals surface area (Å²) in [5, 5.41) is 22.3. The molecule has 0 radical (unpaired) electrons. The summed E-state index contributed by atoms with van der Waals surface area (Å²) >= 11 is 0. The quantitative estimate of drug-likeness (QED) is 0.258. The highest BCUT2D eigenvalue weighted by atomic mass is 19.2. The number of rotatable bonds is 13. The number of aryl methyl sites for hydroxylation is 1. The maximum absolute atomic E-state index is 14.0. The highest BCUT2D eigenvalue weighted by Gasteiger charge is 2.43. The lowest BCUT2D eigenvalue weighted by Crippen LogP contribution is -2.53. The van der Waals surface area contributed by atoms with E-state index < -0.39 is 71.4 Å². The first-order valence-corrected chi connectivity index (χ1v) is 13.5. The van der Waals surface area contributed by atoms with Crippen LogP contribution in [0.4, 0.5) is 13.2 Å². The largest absolute Gasteiger partial charge is 0.480 e. The number of nitrogens with two attached hydrogens (primary N) is 1. The average Bonchev–Trinajstić information content (AvgIpc) is 3.39. The number of likely N-dealkylation sites (tertiary alicyclic amines) is 1. The third kappa shape index (κ3) is 8.29. The van der Waals surface area contributed by atoms with E-state index in [-0.39, 0.29) is 37.8 Å². The molecule has 2 amide bonds. The van der Waals surface area contributed by atoms with Crippen molar-refractivity contribution in [1.82, 2.24) is 15.1 Å². The standard InChI is InChI=1S/C29H35F3N4O6/c1-16(34-24(28(39)40)9-8-17-6-4-3-5-7-17)27(38)36-15-20(13-25(36)29(41)42)35(2)26(37)12-19(33)10-18-11-22(31)23(32)14-21(18)30/h3-7,11,14,16,19-20,24-25,34H,8-10,12-13,15,33H2,1-2H3,(H,39,40)(H,41,42)/t16-,19+,20-,24-,25-/m0/s1. The van der Waals surface area contributed by atoms with Crippen LogP contribution in [-0.4, -0.2) is 87.6 Å². The predicted octanol–water partition coefficient (Wildman–Crippen LogP) is 1.94. The highest BCUT2D eigenvalue weighted by Crippen LogP contribution is 2.24. The zero-order valence-corrected chi connectivity index (χ0v) is 23.3. The maximum atomic E-state index is 14.0. The topological polar surface area (TPSA) is 153 Å². The molecule has 13 heteroatoms. The third-order valence-electron chi connectivity index (χ3n) is 7.48. The van der Waals surface area contributed by atoms with Crippen LogP contribution in [0.5, 0.6) is 0 Å². The second-order valence-corrected chi connectivity index (χ2v) is 10.6. The summed E-state index contributed by atoms with van der Waals surface area (Å²) in [6.07, 6.45) is 0.0466. The average molecular weight is 593 g/mol. The van der Waals surface area contributed by atoms with Crippen LogP contribution in [0.15, 0.2) is 42.5 Å². The molecule has 0 bridgehead atoms. The van der Waals surface area contributed by atoms with Gasteiger partial charge in [-0.15, -0.1) is 0 Å². The van der Waals surface area contributed by atoms with E-state index in [0.717, 1.165) is 10.5 Å². The molecule has 0 unspecified atom stereocenters. The Morgan fingerprint density at radius 1 is 1.07 bits per heavy atom. The van der Waals surface area contributed by atoms with Gasteiger partial charge in [-0.2, -0.15) is 0 Å². The SMILES string of the molecule is C[C@H](N[C@@H](CCc1ccccc1)C(=O)O)C(=O)N1C[C@@H](N(C)C(=O)C[C@H](N)Cc2cc(F)c(F)cc2F)C[C@H]1C(=O)O. The molecule has 2 aromatic carbocycles. The van der Waals surface area contributed by atoms with E-state index in [4.69, 9.17) is 5.73 Å². The Labute approximate surface area is 241 Å². The van der Waals surface area contributed by atoms with Gasteiger partial charge in [0.15, 0.2) is 11.6 Å². The number of carbonyl (C=O) groups excluding carboxylic acids is 2. The summed E-state index contributed by atoms with van der Waals surface area (Å²) < 4.78 is 40.7. The molecule has 10 nitrogen and oxygen atoms in total. The minimum Gasteiger partial charge on any atom is -0.480 e. The van der Waals surface area contributed by atoms with Gasteiger partial charge >= 0.3 is 11.9 Å². The number of carboxylic acids is 2. The molecule has 0 aliphatic carbocycles. The number of amides is 2. The molecular weight excluding hydrogens is 557 g/mol. The second-order valence-electron chi connectivity index (χ2n) is 10.6. The van der Waals surface area contributed by atoms with Crippen molar-refractivity contribution in [3.05, 3.63) is 71.0 Å². The Morgan fingerprint density at radius 3 is 2.33 bits per heavy atom. The minimum atomic E-state index is -1.34. The van der Waals surface area contributed by atoms with E-state index >= 15 is 0 Å². The molecule has 1 saturated heterocycles. The first-order chi connectivity index (χ1) is 19.8. The normalized spacial score (nSPS) is 18.8. The van der Waals surface area contributed by atoms with Gasteiger partial charge < -0.3 is 25.7 Å². The molecule has 1 fully saturated rings. The van der Waals surface area contributed by atoms with Crippen LogP contribution in [0.25, 0.3) is 0 Å². The van der Waals surface area contributed by atoms with Crippen LogP contribution in [0, 0.1) is 17.5 Å². The first kappa shape index (κ1) is 32.5. The number of nitrogens with one attached hydrogen (secondary N) is 1. The summed E-state index contributed by atoms with van der Waals surface area (Å²) in [6, 6.07) is 5.36. The molecule has 1 aliphatic heterocycles. The molecule has 0 aromatic heterocycles. The molecule has 2 aromatic rings. The molecule has 1 aliphatic rings. The smallest absolute Gasteiger partial charge is 0.326 e. The molecule has 228 valence electrons. The van der Waals surface area contributed by atoms with Gasteiger partial charge in [-0.25, -0.2) is 18.0 Å². The first-order valence-electron chi connectivity index (χ1n) is 13.5. The van der Waals surface area contributed by atoms with Gasteiger partial charge in [0.1, 0.15) is 17.9 Å². The van der Waals surface area contributed by atoms with E-state index in [1.807, 2.05) is 30.3 Å². The van der Waals surface area contributed by atoms with E-state index in [1.165, 1.54) is 18.9 Å². The lowest BCUT2D eigenvalue weighted by molar-refractivity contribution is -0.149. The van der Waals surface area contributed by atoms with Crippen LogP contribution < -0.4 is 11.1 Å². The maximum Gasteiger partial charge on any atom is 0.326 e. The number of nitrogens with zero attached hydrogens (tertiary/aromatic N) is 2. The van der Waals surface area contributed by atoms with Gasteiger partial charge in [-0.05, 0) is 43.4 Å². The van der Waals surface area contributed by atoms with Gasteiger partial charge in [0.25, 0.3) is 0 Å². The summed E-state index contributed by atoms with van der Waals surface area (Å²) in [5.41, 5.74) is 6.72. The van der Waals surface area contributed by atoms with Crippen molar-refractivity contribution in [2.45, 2.75) is 69.2 Å². The Bertz CT molecular complexity index is 1300. The lowest BCUT2D eigenvalue weighted by atomic mass is 10.0. The number of halogens is 3. The second kappa shape index (κ2) is 14.3. The van der Waals surface area contributed by atoms with Crippen LogP contribution >= 0.6 is 0 Å². The molecule has 5 atom stereocenters. The summed E-state index contributed by atoms with van der Waals surface area (Å²) in [4.78, 5) is 52.4. The molecular formula is C29H35F3N4O6. The van der Waals surface area contributed by atoms with Crippen LogP contribution in [-0.2, 0) is 32.0 Å². The van der Waals surface area contributed by atoms with E-state index in [0.29, 0.717) is 18.6 Å². The van der Waals surface area contributed by atoms with Crippen molar-refractivity contribution in [2.24, 2.45) is 5.73 Å². The number of likely N-dealkylation sites (N-methyl/N-ethyl adjacent to an activating group) is 1. The van der Waals surface area contributed by atoms with Crippen LogP contribution in [0.2, 0.25) is 0 Å². The van der Waals surface area contributed by atoms with Crippen LogP contribution in [0.3, 0.4) is 0 Å². The van der Waals surface area contributed by atoms with Crippen molar-refractivity contribution in [2.75, 3.05) is 13.6 Å². The number of hydrogen-bond donors (Lipinski definition) is 4. The summed E-state index contributed by atoms with van der Waals surface area (Å²) in [7, 11) is 1.43. The van der Waals surface area contributed by atoms with Gasteiger partial charge in [0.2, 0.25) is 11.8 Å². The Balaban J connectivity index is 1.61. The van der Waals surface area contributed by atoms with Crippen molar-refractivity contribution in [1.29, 1.82) is 0 Å². The lowest BCUT2D eigenvalue weighted by Gasteiger charge is -2.28. The molecule has 0 spiro atoms. The van der Waals surface area contributed by atoms with Gasteiger partial charge in [0, 0.05) is 38.5 Å². The van der Waals surface area contributed by atoms with E-state index in [9.17, 15) is 42.6 Å². The summed E-state index contributed by atoms with van der Waals surface area (Å²) in [5.74, 6) is -7.13. The van der Waals surface area contributed by atoms with Gasteiger partial charge in [-0.1, -0.05) is 30.3 Å².